The SMILES string of the molecule is C[C@H](N)C(=O)N1CCC(O)(C(F)(F)F)C1.Cl. The predicted molar refractivity (Wildman–Crippen MR) is 53.1 cm³/mol. The highest BCUT2D eigenvalue weighted by Crippen LogP contribution is 2.37. The smallest absolute Gasteiger partial charge is 0.379 e. The zero-order valence-corrected chi connectivity index (χ0v) is 9.44. The lowest BCUT2D eigenvalue weighted by Crippen LogP contribution is -2.49. The van der Waals surface area contributed by atoms with Gasteiger partial charge in [0.2, 0.25) is 5.91 Å². The second-order valence-electron chi connectivity index (χ2n) is 3.83. The Morgan fingerprint density at radius 2 is 2.06 bits per heavy atom. The zero-order valence-electron chi connectivity index (χ0n) is 8.62. The van der Waals surface area contributed by atoms with Gasteiger partial charge in [-0.25, -0.2) is 0 Å². The van der Waals surface area contributed by atoms with E-state index in [1.165, 1.54) is 6.92 Å². The highest BCUT2D eigenvalue weighted by molar-refractivity contribution is 5.85. The van der Waals surface area contributed by atoms with E-state index in [4.69, 9.17) is 5.73 Å². The molecule has 16 heavy (non-hydrogen) atoms. The van der Waals surface area contributed by atoms with Crippen molar-refractivity contribution in [2.45, 2.75) is 31.2 Å². The Kier molecular flexibility index (Phi) is 4.61. The number of hydrogen-bond acceptors (Lipinski definition) is 3. The summed E-state index contributed by atoms with van der Waals surface area (Å²) in [6.45, 7) is 0.556. The molecule has 0 saturated carbocycles. The van der Waals surface area contributed by atoms with Gasteiger partial charge < -0.3 is 15.7 Å². The average molecular weight is 263 g/mol. The van der Waals surface area contributed by atoms with Gasteiger partial charge in [-0.15, -0.1) is 12.4 Å². The molecular formula is C8H14ClF3N2O2. The minimum absolute atomic E-state index is 0. The molecule has 0 aromatic rings. The van der Waals surface area contributed by atoms with E-state index in [0.717, 1.165) is 4.90 Å². The van der Waals surface area contributed by atoms with Crippen LogP contribution in [0.1, 0.15) is 13.3 Å². The molecule has 2 atom stereocenters. The van der Waals surface area contributed by atoms with E-state index in [0.29, 0.717) is 0 Å². The van der Waals surface area contributed by atoms with Crippen molar-refractivity contribution in [2.75, 3.05) is 13.1 Å². The monoisotopic (exact) mass is 262 g/mol. The molecule has 4 nitrogen and oxygen atoms in total. The van der Waals surface area contributed by atoms with E-state index in [-0.39, 0.29) is 19.0 Å². The van der Waals surface area contributed by atoms with Crippen molar-refractivity contribution in [1.82, 2.24) is 4.90 Å². The second-order valence-corrected chi connectivity index (χ2v) is 3.83. The number of nitrogens with two attached hydrogens (primary N) is 1. The van der Waals surface area contributed by atoms with Crippen LogP contribution in [0.2, 0.25) is 0 Å². The van der Waals surface area contributed by atoms with Crippen LogP contribution in [0.3, 0.4) is 0 Å². The molecule has 1 amide bonds. The molecule has 96 valence electrons. The Hall–Kier alpha value is -0.530. The second kappa shape index (κ2) is 4.77. The average Bonchev–Trinajstić information content (AvgIpc) is 2.46. The predicted octanol–water partition coefficient (Wildman–Crippen LogP) is 0.281. The van der Waals surface area contributed by atoms with Crippen LogP contribution in [0.25, 0.3) is 0 Å². The number of β-amino-alcohol motifs (C(OH)–C–C–N with tert-alkyl or cyclic N) is 1. The van der Waals surface area contributed by atoms with Crippen molar-refractivity contribution in [3.63, 3.8) is 0 Å². The van der Waals surface area contributed by atoms with E-state index >= 15 is 0 Å². The van der Waals surface area contributed by atoms with Gasteiger partial charge in [0.1, 0.15) is 0 Å². The number of halogens is 4. The summed E-state index contributed by atoms with van der Waals surface area (Å²) >= 11 is 0. The zero-order chi connectivity index (χ0) is 11.9. The molecule has 1 aliphatic rings. The van der Waals surface area contributed by atoms with Gasteiger partial charge >= 0.3 is 6.18 Å². The number of carbonyl (C=O) groups is 1. The van der Waals surface area contributed by atoms with Crippen molar-refractivity contribution in [3.05, 3.63) is 0 Å². The number of nitrogens with zero attached hydrogens (tertiary/aromatic N) is 1. The van der Waals surface area contributed by atoms with Crippen LogP contribution in [-0.2, 0) is 4.79 Å². The summed E-state index contributed by atoms with van der Waals surface area (Å²) < 4.78 is 37.1. The van der Waals surface area contributed by atoms with E-state index in [2.05, 4.69) is 0 Å². The summed E-state index contributed by atoms with van der Waals surface area (Å²) in [5.41, 5.74) is 2.48. The number of amides is 1. The largest absolute Gasteiger partial charge is 0.419 e. The molecule has 0 radical (unpaired) electrons. The third-order valence-electron chi connectivity index (χ3n) is 2.48. The summed E-state index contributed by atoms with van der Waals surface area (Å²) in [5, 5.41) is 9.27. The van der Waals surface area contributed by atoms with Crippen LogP contribution in [0, 0.1) is 0 Å². The minimum atomic E-state index is -4.71. The maximum absolute atomic E-state index is 12.4. The van der Waals surface area contributed by atoms with Gasteiger partial charge in [0.15, 0.2) is 5.60 Å². The van der Waals surface area contributed by atoms with Gasteiger partial charge in [0, 0.05) is 13.0 Å². The van der Waals surface area contributed by atoms with Gasteiger partial charge in [0.05, 0.1) is 12.6 Å². The fourth-order valence-corrected chi connectivity index (χ4v) is 1.50. The quantitative estimate of drug-likeness (QED) is 0.713. The summed E-state index contributed by atoms with van der Waals surface area (Å²) in [6.07, 6.45) is -5.20. The van der Waals surface area contributed by atoms with Crippen molar-refractivity contribution in [3.8, 4) is 0 Å². The van der Waals surface area contributed by atoms with E-state index < -0.39 is 36.7 Å². The van der Waals surface area contributed by atoms with Crippen molar-refractivity contribution in [2.24, 2.45) is 5.73 Å². The first kappa shape index (κ1) is 15.5. The number of aliphatic hydroxyl groups is 1. The van der Waals surface area contributed by atoms with Gasteiger partial charge in [-0.3, -0.25) is 4.79 Å². The van der Waals surface area contributed by atoms with Crippen LogP contribution < -0.4 is 5.73 Å². The molecule has 0 bridgehead atoms. The Labute approximate surface area is 97.0 Å². The molecule has 1 saturated heterocycles. The number of carbonyl (C=O) groups excluding carboxylic acids is 1. The van der Waals surface area contributed by atoms with Gasteiger partial charge in [-0.05, 0) is 6.92 Å². The fraction of sp³-hybridized carbons (Fsp3) is 0.875. The molecule has 0 aliphatic carbocycles. The molecule has 0 spiro atoms. The van der Waals surface area contributed by atoms with Gasteiger partial charge in [-0.1, -0.05) is 0 Å². The highest BCUT2D eigenvalue weighted by Gasteiger charge is 2.57. The van der Waals surface area contributed by atoms with E-state index in [1.54, 1.807) is 0 Å². The van der Waals surface area contributed by atoms with Crippen LogP contribution in [-0.4, -0.2) is 46.8 Å². The molecule has 1 fully saturated rings. The lowest BCUT2D eigenvalue weighted by atomic mass is 10.0. The first-order valence-corrected chi connectivity index (χ1v) is 4.51. The Morgan fingerprint density at radius 3 is 2.38 bits per heavy atom. The molecule has 1 rings (SSSR count). The third-order valence-corrected chi connectivity index (χ3v) is 2.48. The van der Waals surface area contributed by atoms with E-state index in [1.807, 2.05) is 0 Å². The third kappa shape index (κ3) is 2.78. The summed E-state index contributed by atoms with van der Waals surface area (Å²) in [6, 6.07) is -0.847. The maximum Gasteiger partial charge on any atom is 0.419 e. The number of likely N-dealkylation sites (tertiary alicyclic amines) is 1. The molecule has 0 aromatic carbocycles. The summed E-state index contributed by atoms with van der Waals surface area (Å²) in [5.74, 6) is -0.574. The standard InChI is InChI=1S/C8H13F3N2O2.ClH/c1-5(12)6(14)13-3-2-7(15,4-13)8(9,10)11;/h5,15H,2-4,12H2,1H3;1H/t5-,7?;/m0./s1. The Bertz CT molecular complexity index is 272. The first-order chi connectivity index (χ1) is 6.67. The lowest BCUT2D eigenvalue weighted by Gasteiger charge is -2.26. The van der Waals surface area contributed by atoms with Crippen LogP contribution in [0.15, 0.2) is 0 Å². The van der Waals surface area contributed by atoms with Crippen molar-refractivity contribution >= 4 is 18.3 Å². The summed E-state index contributed by atoms with van der Waals surface area (Å²) in [7, 11) is 0. The number of hydrogen-bond donors (Lipinski definition) is 2. The Morgan fingerprint density at radius 1 is 1.56 bits per heavy atom. The molecule has 3 N–H and O–H groups in total. The van der Waals surface area contributed by atoms with Gasteiger partial charge in [-0.2, -0.15) is 13.2 Å². The summed E-state index contributed by atoms with van der Waals surface area (Å²) in [4.78, 5) is 12.2. The first-order valence-electron chi connectivity index (χ1n) is 4.51. The fourth-order valence-electron chi connectivity index (χ4n) is 1.50. The Balaban J connectivity index is 0.00000225. The van der Waals surface area contributed by atoms with Crippen LogP contribution >= 0.6 is 12.4 Å². The topological polar surface area (TPSA) is 66.6 Å². The highest BCUT2D eigenvalue weighted by atomic mass is 35.5. The molecule has 0 aromatic heterocycles. The normalized spacial score (nSPS) is 27.5. The lowest BCUT2D eigenvalue weighted by molar-refractivity contribution is -0.253. The molecule has 1 unspecified atom stereocenters. The van der Waals surface area contributed by atoms with Crippen LogP contribution in [0.5, 0.6) is 0 Å². The number of rotatable bonds is 1. The van der Waals surface area contributed by atoms with Gasteiger partial charge in [0.25, 0.3) is 0 Å². The molecular weight excluding hydrogens is 249 g/mol. The molecule has 8 heteroatoms. The molecule has 1 heterocycles. The van der Waals surface area contributed by atoms with Crippen molar-refractivity contribution in [1.29, 1.82) is 0 Å². The molecule has 1 aliphatic heterocycles. The maximum atomic E-state index is 12.4. The number of alkyl halides is 3. The minimum Gasteiger partial charge on any atom is -0.379 e. The van der Waals surface area contributed by atoms with E-state index in [9.17, 15) is 23.1 Å². The van der Waals surface area contributed by atoms with Crippen LogP contribution in [0.4, 0.5) is 13.2 Å². The van der Waals surface area contributed by atoms with Crippen molar-refractivity contribution < 1.29 is 23.1 Å².